The third-order valence-corrected chi connectivity index (χ3v) is 5.01. The van der Waals surface area contributed by atoms with Gasteiger partial charge in [-0.1, -0.05) is 30.3 Å². The van der Waals surface area contributed by atoms with E-state index in [1.165, 1.54) is 11.1 Å². The summed E-state index contributed by atoms with van der Waals surface area (Å²) in [6.07, 6.45) is 3.31. The summed E-state index contributed by atoms with van der Waals surface area (Å²) in [5.74, 6) is -0.210. The fourth-order valence-corrected chi connectivity index (χ4v) is 3.72. The summed E-state index contributed by atoms with van der Waals surface area (Å²) in [6.45, 7) is 2.76. The van der Waals surface area contributed by atoms with Crippen LogP contribution in [0.3, 0.4) is 0 Å². The highest BCUT2D eigenvalue weighted by Crippen LogP contribution is 2.33. The highest BCUT2D eigenvalue weighted by Gasteiger charge is 2.24. The second-order valence-electron chi connectivity index (χ2n) is 7.01. The van der Waals surface area contributed by atoms with E-state index in [4.69, 9.17) is 0 Å². The molecule has 0 radical (unpaired) electrons. The monoisotopic (exact) mass is 365 g/mol. The summed E-state index contributed by atoms with van der Waals surface area (Å²) in [7, 11) is 2.00. The van der Waals surface area contributed by atoms with Crippen molar-refractivity contribution in [3.8, 4) is 0 Å². The molecule has 0 bridgehead atoms. The highest BCUT2D eigenvalue weighted by atomic mass is 16.2. The Bertz CT molecular complexity index is 819. The molecule has 1 aliphatic carbocycles. The molecule has 0 fully saturated rings. The molecule has 5 heteroatoms. The van der Waals surface area contributed by atoms with Crippen LogP contribution >= 0.6 is 0 Å². The smallest absolute Gasteiger partial charge is 0.251 e. The molecule has 2 N–H and O–H groups in total. The fourth-order valence-electron chi connectivity index (χ4n) is 3.72. The summed E-state index contributed by atoms with van der Waals surface area (Å²) in [5, 5.41) is 5.68. The number of benzene rings is 2. The van der Waals surface area contributed by atoms with Gasteiger partial charge in [0.25, 0.3) is 5.91 Å². The second kappa shape index (κ2) is 8.82. The van der Waals surface area contributed by atoms with E-state index in [-0.39, 0.29) is 17.9 Å². The Balaban J connectivity index is 1.63. The topological polar surface area (TPSA) is 61.4 Å². The van der Waals surface area contributed by atoms with Gasteiger partial charge in [-0.05, 0) is 62.6 Å². The van der Waals surface area contributed by atoms with Gasteiger partial charge in [-0.25, -0.2) is 0 Å². The number of amides is 2. The van der Waals surface area contributed by atoms with E-state index < -0.39 is 0 Å². The molecule has 5 nitrogen and oxygen atoms in total. The van der Waals surface area contributed by atoms with Crippen LogP contribution in [0.1, 0.15) is 47.3 Å². The minimum Gasteiger partial charge on any atom is -0.352 e. The number of hydrogen-bond donors (Lipinski definition) is 2. The van der Waals surface area contributed by atoms with Crippen molar-refractivity contribution in [2.24, 2.45) is 0 Å². The standard InChI is InChI=1S/C22H27N3O2/c1-3-23-22(27)17-10-6-11-18(14-17)24-21(26)15-25(2)20-13-7-9-16-8-4-5-12-19(16)20/h4-6,8,10-12,14,20H,3,7,9,13,15H2,1-2H3,(H,23,27)(H,24,26)/t20-/m0/s1. The van der Waals surface area contributed by atoms with E-state index >= 15 is 0 Å². The van der Waals surface area contributed by atoms with Crippen LogP contribution in [0.4, 0.5) is 5.69 Å². The van der Waals surface area contributed by atoms with Crippen molar-refractivity contribution in [1.29, 1.82) is 0 Å². The molecular weight excluding hydrogens is 338 g/mol. The zero-order valence-corrected chi connectivity index (χ0v) is 16.0. The minimum absolute atomic E-state index is 0.0754. The molecule has 0 saturated heterocycles. The summed E-state index contributed by atoms with van der Waals surface area (Å²) in [5.41, 5.74) is 3.90. The van der Waals surface area contributed by atoms with Crippen LogP contribution in [-0.2, 0) is 11.2 Å². The number of fused-ring (bicyclic) bond motifs is 1. The molecule has 0 spiro atoms. The van der Waals surface area contributed by atoms with Crippen molar-refractivity contribution >= 4 is 17.5 Å². The molecule has 1 atom stereocenters. The predicted molar refractivity (Wildman–Crippen MR) is 108 cm³/mol. The number of likely N-dealkylation sites (N-methyl/N-ethyl adjacent to an activating group) is 1. The van der Waals surface area contributed by atoms with E-state index in [0.29, 0.717) is 24.3 Å². The van der Waals surface area contributed by atoms with E-state index in [9.17, 15) is 9.59 Å². The molecule has 3 rings (SSSR count). The van der Waals surface area contributed by atoms with Gasteiger partial charge in [0, 0.05) is 23.8 Å². The molecule has 2 aromatic carbocycles. The van der Waals surface area contributed by atoms with Crippen LogP contribution < -0.4 is 10.6 Å². The molecule has 0 heterocycles. The molecule has 27 heavy (non-hydrogen) atoms. The number of carbonyl (C=O) groups is 2. The van der Waals surface area contributed by atoms with E-state index in [1.54, 1.807) is 24.3 Å². The second-order valence-corrected chi connectivity index (χ2v) is 7.01. The van der Waals surface area contributed by atoms with Crippen LogP contribution in [0.25, 0.3) is 0 Å². The average Bonchev–Trinajstić information content (AvgIpc) is 2.67. The summed E-state index contributed by atoms with van der Waals surface area (Å²) in [4.78, 5) is 26.6. The zero-order valence-electron chi connectivity index (χ0n) is 16.0. The number of nitrogens with one attached hydrogen (secondary N) is 2. The van der Waals surface area contributed by atoms with E-state index in [1.807, 2.05) is 14.0 Å². The third-order valence-electron chi connectivity index (χ3n) is 5.01. The lowest BCUT2D eigenvalue weighted by molar-refractivity contribution is -0.117. The molecule has 0 aliphatic heterocycles. The zero-order chi connectivity index (χ0) is 19.2. The van der Waals surface area contributed by atoms with Gasteiger partial charge in [0.1, 0.15) is 0 Å². The van der Waals surface area contributed by atoms with Crippen LogP contribution in [0.5, 0.6) is 0 Å². The van der Waals surface area contributed by atoms with Gasteiger partial charge in [-0.3, -0.25) is 14.5 Å². The molecule has 1 aliphatic rings. The maximum Gasteiger partial charge on any atom is 0.251 e. The van der Waals surface area contributed by atoms with Crippen molar-refractivity contribution in [3.05, 3.63) is 65.2 Å². The van der Waals surface area contributed by atoms with Gasteiger partial charge in [-0.15, -0.1) is 0 Å². The normalized spacial score (nSPS) is 15.9. The highest BCUT2D eigenvalue weighted by molar-refractivity contribution is 5.97. The van der Waals surface area contributed by atoms with Gasteiger partial charge >= 0.3 is 0 Å². The van der Waals surface area contributed by atoms with Gasteiger partial charge in [0.05, 0.1) is 6.54 Å². The number of hydrogen-bond acceptors (Lipinski definition) is 3. The van der Waals surface area contributed by atoms with E-state index in [0.717, 1.165) is 19.3 Å². The first-order chi connectivity index (χ1) is 13.1. The van der Waals surface area contributed by atoms with Gasteiger partial charge in [0.15, 0.2) is 0 Å². The lowest BCUT2D eigenvalue weighted by atomic mass is 9.87. The Morgan fingerprint density at radius 1 is 1.15 bits per heavy atom. The van der Waals surface area contributed by atoms with Crippen molar-refractivity contribution < 1.29 is 9.59 Å². The van der Waals surface area contributed by atoms with Gasteiger partial charge in [-0.2, -0.15) is 0 Å². The van der Waals surface area contributed by atoms with Gasteiger partial charge in [0.2, 0.25) is 5.91 Å². The quantitative estimate of drug-likeness (QED) is 0.825. The molecule has 0 saturated carbocycles. The Kier molecular flexibility index (Phi) is 6.24. The molecule has 142 valence electrons. The van der Waals surface area contributed by atoms with Crippen LogP contribution in [-0.4, -0.2) is 36.9 Å². The molecule has 0 aromatic heterocycles. The number of anilines is 1. The molecule has 2 amide bonds. The largest absolute Gasteiger partial charge is 0.352 e. The molecule has 0 unspecified atom stereocenters. The number of carbonyl (C=O) groups excluding carboxylic acids is 2. The SMILES string of the molecule is CCNC(=O)c1cccc(NC(=O)CN(C)[C@H]2CCCc3ccccc32)c1. The Hall–Kier alpha value is -2.66. The minimum atomic E-state index is -0.135. The summed E-state index contributed by atoms with van der Waals surface area (Å²) < 4.78 is 0. The van der Waals surface area contributed by atoms with Crippen molar-refractivity contribution in [3.63, 3.8) is 0 Å². The van der Waals surface area contributed by atoms with Crippen molar-refractivity contribution in [2.45, 2.75) is 32.2 Å². The Morgan fingerprint density at radius 2 is 1.96 bits per heavy atom. The van der Waals surface area contributed by atoms with Crippen LogP contribution in [0.15, 0.2) is 48.5 Å². The lowest BCUT2D eigenvalue weighted by Crippen LogP contribution is -2.35. The molecule has 2 aromatic rings. The predicted octanol–water partition coefficient (Wildman–Crippen LogP) is 3.38. The summed E-state index contributed by atoms with van der Waals surface area (Å²) in [6, 6.07) is 15.8. The maximum absolute atomic E-state index is 12.5. The lowest BCUT2D eigenvalue weighted by Gasteiger charge is -2.32. The maximum atomic E-state index is 12.5. The van der Waals surface area contributed by atoms with Crippen molar-refractivity contribution in [1.82, 2.24) is 10.2 Å². The number of nitrogens with zero attached hydrogens (tertiary/aromatic N) is 1. The van der Waals surface area contributed by atoms with Crippen molar-refractivity contribution in [2.75, 3.05) is 25.5 Å². The first kappa shape index (κ1) is 19.1. The van der Waals surface area contributed by atoms with Crippen LogP contribution in [0.2, 0.25) is 0 Å². The first-order valence-corrected chi connectivity index (χ1v) is 9.54. The summed E-state index contributed by atoms with van der Waals surface area (Å²) >= 11 is 0. The van der Waals surface area contributed by atoms with E-state index in [2.05, 4.69) is 39.8 Å². The number of aryl methyl sites for hydroxylation is 1. The first-order valence-electron chi connectivity index (χ1n) is 9.54. The average molecular weight is 365 g/mol. The Labute approximate surface area is 160 Å². The van der Waals surface area contributed by atoms with Crippen LogP contribution in [0, 0.1) is 0 Å². The Morgan fingerprint density at radius 3 is 2.78 bits per heavy atom. The molecular formula is C22H27N3O2. The third kappa shape index (κ3) is 4.74. The van der Waals surface area contributed by atoms with Gasteiger partial charge < -0.3 is 10.6 Å². The number of rotatable bonds is 6. The fraction of sp³-hybridized carbons (Fsp3) is 0.364.